The second-order valence-corrected chi connectivity index (χ2v) is 13.3. The molecule has 14 heteroatoms. The number of amidine groups is 1. The number of anilines is 1. The van der Waals surface area contributed by atoms with Crippen LogP contribution in [0.3, 0.4) is 0 Å². The number of nitrogens with one attached hydrogen (secondary N) is 1. The highest BCUT2D eigenvalue weighted by molar-refractivity contribution is 7.91. The molecule has 4 rings (SSSR count). The largest absolute Gasteiger partial charge is 0.465 e. The molecule has 44 heavy (non-hydrogen) atoms. The molecule has 0 saturated carbocycles. The monoisotopic (exact) mass is 664 g/mol. The highest BCUT2D eigenvalue weighted by Crippen LogP contribution is 2.33. The van der Waals surface area contributed by atoms with E-state index in [4.69, 9.17) is 23.2 Å². The van der Waals surface area contributed by atoms with Crippen LogP contribution >= 0.6 is 23.2 Å². The van der Waals surface area contributed by atoms with Crippen LogP contribution in [0.4, 0.5) is 14.9 Å². The van der Waals surface area contributed by atoms with Crippen LogP contribution in [0.1, 0.15) is 43.4 Å². The predicted octanol–water partition coefficient (Wildman–Crippen LogP) is 6.17. The molecule has 1 amide bonds. The first-order valence-electron chi connectivity index (χ1n) is 13.9. The van der Waals surface area contributed by atoms with Gasteiger partial charge in [0.05, 0.1) is 22.0 Å². The van der Waals surface area contributed by atoms with Crippen molar-refractivity contribution in [2.75, 3.05) is 38.5 Å². The van der Waals surface area contributed by atoms with Crippen LogP contribution in [0, 0.1) is 5.82 Å². The average molecular weight is 666 g/mol. The Morgan fingerprint density at radius 2 is 1.89 bits per heavy atom. The summed E-state index contributed by atoms with van der Waals surface area (Å²) >= 11 is 13.2. The van der Waals surface area contributed by atoms with E-state index in [2.05, 4.69) is 14.1 Å². The van der Waals surface area contributed by atoms with E-state index in [1.54, 1.807) is 24.0 Å². The molecule has 2 heterocycles. The molecule has 2 N–H and O–H groups in total. The fraction of sp³-hybridized carbons (Fsp3) is 0.367. The maximum Gasteiger partial charge on any atom is 0.407 e. The highest BCUT2D eigenvalue weighted by atomic mass is 35.5. The van der Waals surface area contributed by atoms with Crippen LogP contribution in [0.15, 0.2) is 52.9 Å². The smallest absolute Gasteiger partial charge is 0.407 e. The molecule has 1 fully saturated rings. The van der Waals surface area contributed by atoms with E-state index in [0.717, 1.165) is 11.1 Å². The number of rotatable bonds is 8. The average Bonchev–Trinajstić information content (AvgIpc) is 2.93. The Labute approximate surface area is 267 Å². The first kappa shape index (κ1) is 33.4. The van der Waals surface area contributed by atoms with E-state index in [9.17, 15) is 22.7 Å². The van der Waals surface area contributed by atoms with Crippen LogP contribution in [-0.2, 0) is 16.8 Å². The van der Waals surface area contributed by atoms with Crippen LogP contribution in [0.2, 0.25) is 10.2 Å². The van der Waals surface area contributed by atoms with Crippen molar-refractivity contribution in [2.24, 2.45) is 4.40 Å². The van der Waals surface area contributed by atoms with Gasteiger partial charge in [-0.2, -0.15) is 8.42 Å². The van der Waals surface area contributed by atoms with Gasteiger partial charge in [0.2, 0.25) is 0 Å². The molecule has 0 spiro atoms. The summed E-state index contributed by atoms with van der Waals surface area (Å²) in [6.07, 6.45) is -1.08. The summed E-state index contributed by atoms with van der Waals surface area (Å²) in [6.45, 7) is 6.69. The minimum atomic E-state index is -4.41. The van der Waals surface area contributed by atoms with Gasteiger partial charge in [-0.05, 0) is 62.3 Å². The minimum Gasteiger partial charge on any atom is -0.465 e. The number of hydrogen-bond donors (Lipinski definition) is 2. The third-order valence-electron chi connectivity index (χ3n) is 7.15. The van der Waals surface area contributed by atoms with E-state index >= 15 is 0 Å². The van der Waals surface area contributed by atoms with Crippen molar-refractivity contribution in [3.8, 4) is 11.3 Å². The topological polar surface area (TPSA) is 118 Å². The minimum absolute atomic E-state index is 0.00533. The summed E-state index contributed by atoms with van der Waals surface area (Å²) in [5.74, 6) is -0.613. The molecule has 3 aromatic rings. The lowest BCUT2D eigenvalue weighted by Crippen LogP contribution is -2.55. The van der Waals surface area contributed by atoms with Gasteiger partial charge >= 0.3 is 16.3 Å². The number of piperazine rings is 1. The van der Waals surface area contributed by atoms with Gasteiger partial charge in [0, 0.05) is 37.8 Å². The quantitative estimate of drug-likeness (QED) is 0.168. The molecule has 0 aliphatic carbocycles. The molecule has 10 nitrogen and oxygen atoms in total. The number of nitrogens with zero attached hydrogens (tertiary/aromatic N) is 5. The van der Waals surface area contributed by atoms with Gasteiger partial charge in [-0.25, -0.2) is 14.2 Å². The van der Waals surface area contributed by atoms with Crippen molar-refractivity contribution in [1.82, 2.24) is 19.7 Å². The first-order chi connectivity index (χ1) is 20.7. The molecule has 0 bridgehead atoms. The fourth-order valence-electron chi connectivity index (χ4n) is 5.09. The maximum absolute atomic E-state index is 14.6. The van der Waals surface area contributed by atoms with Gasteiger partial charge in [0.15, 0.2) is 5.84 Å². The Hall–Kier alpha value is -3.45. The van der Waals surface area contributed by atoms with Crippen molar-refractivity contribution in [3.05, 3.63) is 81.2 Å². The molecule has 0 unspecified atom stereocenters. The van der Waals surface area contributed by atoms with E-state index < -0.39 is 28.2 Å². The Kier molecular flexibility index (Phi) is 10.4. The third kappa shape index (κ3) is 7.79. The van der Waals surface area contributed by atoms with Crippen LogP contribution < -0.4 is 4.72 Å². The van der Waals surface area contributed by atoms with E-state index in [1.165, 1.54) is 29.2 Å². The molecule has 1 atom stereocenters. The van der Waals surface area contributed by atoms with Gasteiger partial charge < -0.3 is 19.8 Å². The summed E-state index contributed by atoms with van der Waals surface area (Å²) in [6, 6.07) is 12.4. The summed E-state index contributed by atoms with van der Waals surface area (Å²) in [7, 11) is -0.503. The number of hydrogen-bond acceptors (Lipinski definition) is 5. The first-order valence-corrected chi connectivity index (χ1v) is 16.1. The predicted molar refractivity (Wildman–Crippen MR) is 172 cm³/mol. The number of carboxylic acid groups (broad SMARTS) is 1. The van der Waals surface area contributed by atoms with Crippen molar-refractivity contribution in [2.45, 2.75) is 39.3 Å². The number of carbonyl (C=O) groups is 1. The standard InChI is InChI=1S/C30H35Cl2FN6O4S/c1-18(2)22-14-20(17-37(4)5)10-11-26(22)35-44(42,43)36-29(39-13-12-38(30(40)41)16-19(39)3)23-15-24(31)27(34-28(23)32)21-8-6-7-9-25(21)33/h6-11,14-15,18-19,35H,12-13,16-17H2,1-5H3,(H,40,41)/t19-/m0/s1. The number of benzene rings is 2. The summed E-state index contributed by atoms with van der Waals surface area (Å²) in [4.78, 5) is 20.9. The van der Waals surface area contributed by atoms with Gasteiger partial charge in [0.1, 0.15) is 11.0 Å². The van der Waals surface area contributed by atoms with E-state index in [1.807, 2.05) is 45.0 Å². The normalized spacial score (nSPS) is 16.1. The van der Waals surface area contributed by atoms with E-state index in [-0.39, 0.29) is 58.4 Å². The highest BCUT2D eigenvalue weighted by Gasteiger charge is 2.32. The lowest BCUT2D eigenvalue weighted by Gasteiger charge is -2.40. The number of aromatic nitrogens is 1. The zero-order valence-corrected chi connectivity index (χ0v) is 27.4. The zero-order valence-electron chi connectivity index (χ0n) is 25.1. The van der Waals surface area contributed by atoms with Crippen molar-refractivity contribution < 1.29 is 22.7 Å². The van der Waals surface area contributed by atoms with Gasteiger partial charge in [-0.3, -0.25) is 4.72 Å². The molecule has 1 aromatic heterocycles. The van der Waals surface area contributed by atoms with Crippen LogP contribution in [-0.4, -0.2) is 84.9 Å². The molecule has 0 radical (unpaired) electrons. The Balaban J connectivity index is 1.81. The maximum atomic E-state index is 14.6. The van der Waals surface area contributed by atoms with Crippen molar-refractivity contribution in [3.63, 3.8) is 0 Å². The summed E-state index contributed by atoms with van der Waals surface area (Å²) < 4.78 is 48.7. The molecule has 1 aliphatic heterocycles. The lowest BCUT2D eigenvalue weighted by atomic mass is 9.99. The molecular weight excluding hydrogens is 630 g/mol. The van der Waals surface area contributed by atoms with Gasteiger partial charge in [0.25, 0.3) is 0 Å². The van der Waals surface area contributed by atoms with Gasteiger partial charge in [-0.1, -0.05) is 61.3 Å². The second kappa shape index (κ2) is 13.7. The number of amides is 1. The second-order valence-electron chi connectivity index (χ2n) is 11.2. The number of pyridine rings is 1. The van der Waals surface area contributed by atoms with Crippen LogP contribution in [0.25, 0.3) is 11.3 Å². The van der Waals surface area contributed by atoms with Gasteiger partial charge in [-0.15, -0.1) is 4.40 Å². The molecular formula is C30H35Cl2FN6O4S. The third-order valence-corrected chi connectivity index (χ3v) is 8.62. The molecule has 2 aromatic carbocycles. The molecule has 236 valence electrons. The van der Waals surface area contributed by atoms with E-state index in [0.29, 0.717) is 12.2 Å². The Bertz CT molecular complexity index is 1690. The van der Waals surface area contributed by atoms with Crippen molar-refractivity contribution in [1.29, 1.82) is 0 Å². The zero-order chi connectivity index (χ0) is 32.3. The Morgan fingerprint density at radius 1 is 1.18 bits per heavy atom. The Morgan fingerprint density at radius 3 is 2.50 bits per heavy atom. The van der Waals surface area contributed by atoms with Crippen LogP contribution in [0.5, 0.6) is 0 Å². The fourth-order valence-corrected chi connectivity index (χ4v) is 6.51. The summed E-state index contributed by atoms with van der Waals surface area (Å²) in [5.41, 5.74) is 2.52. The SMILES string of the molecule is CC(C)c1cc(CN(C)C)ccc1NS(=O)(=O)N=C(c1cc(Cl)c(-c2ccccc2F)nc1Cl)N1CCN(C(=O)O)C[C@@H]1C. The molecule has 1 saturated heterocycles. The van der Waals surface area contributed by atoms with Crippen molar-refractivity contribution >= 4 is 51.0 Å². The number of halogens is 3. The molecule has 1 aliphatic rings. The summed E-state index contributed by atoms with van der Waals surface area (Å²) in [5, 5.41) is 9.40. The lowest BCUT2D eigenvalue weighted by molar-refractivity contribution is 0.106.